The molecule has 0 bridgehead atoms. The highest BCUT2D eigenvalue weighted by molar-refractivity contribution is 5.91. The van der Waals surface area contributed by atoms with Crippen molar-refractivity contribution in [1.82, 2.24) is 0 Å². The Labute approximate surface area is 113 Å². The minimum atomic E-state index is -0.833. The zero-order valence-corrected chi connectivity index (χ0v) is 11.8. The fourth-order valence-electron chi connectivity index (χ4n) is 1.45. The molecule has 0 fully saturated rings. The van der Waals surface area contributed by atoms with E-state index in [1.54, 1.807) is 6.07 Å². The van der Waals surface area contributed by atoms with E-state index in [1.165, 1.54) is 0 Å². The largest absolute Gasteiger partial charge is 0.481 e. The quantitative estimate of drug-likeness (QED) is 0.657. The zero-order valence-electron chi connectivity index (χ0n) is 11.8. The van der Waals surface area contributed by atoms with Crippen LogP contribution < -0.4 is 0 Å². The molecule has 0 aliphatic carbocycles. The molecule has 0 aromatic heterocycles. The summed E-state index contributed by atoms with van der Waals surface area (Å²) in [6.07, 6.45) is 1.15. The lowest BCUT2D eigenvalue weighted by Crippen LogP contribution is -2.17. The molecule has 0 saturated heterocycles. The minimum absolute atomic E-state index is 0.0726. The van der Waals surface area contributed by atoms with E-state index in [4.69, 9.17) is 14.6 Å². The fourth-order valence-corrected chi connectivity index (χ4v) is 1.45. The minimum Gasteiger partial charge on any atom is -0.481 e. The number of carbonyl (C=O) groups excluding carboxylic acids is 1. The van der Waals surface area contributed by atoms with Gasteiger partial charge in [0.1, 0.15) is 0 Å². The normalized spacial score (nSPS) is 9.89. The maximum atomic E-state index is 11.6. The van der Waals surface area contributed by atoms with Crippen molar-refractivity contribution in [3.63, 3.8) is 0 Å². The summed E-state index contributed by atoms with van der Waals surface area (Å²) in [6, 6.07) is 7.46. The Morgan fingerprint density at radius 3 is 2.16 bits per heavy atom. The van der Waals surface area contributed by atoms with Gasteiger partial charge in [-0.2, -0.15) is 0 Å². The molecule has 4 heteroatoms. The Bertz CT molecular complexity index is 451. The Morgan fingerprint density at radius 1 is 1.26 bits per heavy atom. The Hall–Kier alpha value is -2.10. The molecule has 0 spiro atoms. The fraction of sp³-hybridized carbons (Fsp3) is 0.333. The molecule has 0 aliphatic rings. The van der Waals surface area contributed by atoms with Crippen molar-refractivity contribution in [2.45, 2.75) is 33.1 Å². The molecular formula is C15H20O4. The van der Waals surface area contributed by atoms with Crippen LogP contribution in [0, 0.1) is 0 Å². The molecular weight excluding hydrogens is 244 g/mol. The summed E-state index contributed by atoms with van der Waals surface area (Å²) in [6.45, 7) is 10.6. The summed E-state index contributed by atoms with van der Waals surface area (Å²) >= 11 is 0. The Kier molecular flexibility index (Phi) is 6.55. The molecule has 0 radical (unpaired) electrons. The molecule has 1 aromatic rings. The first-order chi connectivity index (χ1) is 8.70. The second-order valence-corrected chi connectivity index (χ2v) is 4.89. The van der Waals surface area contributed by atoms with Crippen LogP contribution in [0.3, 0.4) is 0 Å². The molecule has 0 heterocycles. The summed E-state index contributed by atoms with van der Waals surface area (Å²) in [4.78, 5) is 20.6. The molecule has 0 aliphatic heterocycles. The highest BCUT2D eigenvalue weighted by Crippen LogP contribution is 2.26. The lowest BCUT2D eigenvalue weighted by Gasteiger charge is -2.21. The third kappa shape index (κ3) is 6.41. The number of hydrogen-bond donors (Lipinski definition) is 1. The molecule has 19 heavy (non-hydrogen) atoms. The predicted octanol–water partition coefficient (Wildman–Crippen LogP) is 3.38. The zero-order chi connectivity index (χ0) is 15.1. The maximum absolute atomic E-state index is 11.6. The van der Waals surface area contributed by atoms with Crippen molar-refractivity contribution < 1.29 is 19.4 Å². The summed E-state index contributed by atoms with van der Waals surface area (Å²) in [5.74, 6) is -1.18. The second-order valence-electron chi connectivity index (χ2n) is 4.89. The summed E-state index contributed by atoms with van der Waals surface area (Å²) in [7, 11) is 0. The SMILES string of the molecule is C=COC(=O)c1ccccc1C(C)(C)C.CC(=O)O. The Morgan fingerprint density at radius 2 is 1.74 bits per heavy atom. The van der Waals surface area contributed by atoms with Crippen LogP contribution in [0.15, 0.2) is 37.1 Å². The molecule has 0 amide bonds. The number of carbonyl (C=O) groups is 2. The van der Waals surface area contributed by atoms with E-state index in [0.29, 0.717) is 5.56 Å². The molecule has 4 nitrogen and oxygen atoms in total. The van der Waals surface area contributed by atoms with E-state index in [2.05, 4.69) is 27.4 Å². The van der Waals surface area contributed by atoms with Crippen molar-refractivity contribution in [2.75, 3.05) is 0 Å². The van der Waals surface area contributed by atoms with Gasteiger partial charge in [0.2, 0.25) is 0 Å². The van der Waals surface area contributed by atoms with Crippen LogP contribution in [0.5, 0.6) is 0 Å². The van der Waals surface area contributed by atoms with Gasteiger partial charge < -0.3 is 9.84 Å². The Balaban J connectivity index is 0.000000711. The van der Waals surface area contributed by atoms with Crippen molar-refractivity contribution in [2.24, 2.45) is 0 Å². The van der Waals surface area contributed by atoms with E-state index in [1.807, 2.05) is 18.2 Å². The highest BCUT2D eigenvalue weighted by Gasteiger charge is 2.21. The lowest BCUT2D eigenvalue weighted by molar-refractivity contribution is -0.134. The standard InChI is InChI=1S/C13H16O2.C2H4O2/c1-5-15-12(14)10-8-6-7-9-11(10)13(2,3)4;1-2(3)4/h5-9H,1H2,2-4H3;1H3,(H,3,4). The third-order valence-electron chi connectivity index (χ3n) is 2.15. The van der Waals surface area contributed by atoms with Crippen LogP contribution in [0.1, 0.15) is 43.6 Å². The number of aliphatic carboxylic acids is 1. The topological polar surface area (TPSA) is 63.6 Å². The van der Waals surface area contributed by atoms with Crippen molar-refractivity contribution in [3.05, 3.63) is 48.2 Å². The molecule has 0 unspecified atom stereocenters. The maximum Gasteiger partial charge on any atom is 0.343 e. The van der Waals surface area contributed by atoms with Gasteiger partial charge in [0.15, 0.2) is 0 Å². The van der Waals surface area contributed by atoms with Crippen LogP contribution in [0.2, 0.25) is 0 Å². The van der Waals surface area contributed by atoms with Gasteiger partial charge >= 0.3 is 5.97 Å². The first-order valence-corrected chi connectivity index (χ1v) is 5.81. The number of esters is 1. The van der Waals surface area contributed by atoms with Gasteiger partial charge in [-0.1, -0.05) is 45.5 Å². The van der Waals surface area contributed by atoms with Crippen molar-refractivity contribution in [3.8, 4) is 0 Å². The smallest absolute Gasteiger partial charge is 0.343 e. The van der Waals surface area contributed by atoms with Crippen molar-refractivity contribution >= 4 is 11.9 Å². The van der Waals surface area contributed by atoms with E-state index in [0.717, 1.165) is 18.7 Å². The molecule has 0 atom stereocenters. The summed E-state index contributed by atoms with van der Waals surface area (Å²) in [5.41, 5.74) is 1.51. The van der Waals surface area contributed by atoms with E-state index >= 15 is 0 Å². The number of benzene rings is 1. The molecule has 1 aromatic carbocycles. The molecule has 1 N–H and O–H groups in total. The number of ether oxygens (including phenoxy) is 1. The van der Waals surface area contributed by atoms with Gasteiger partial charge in [0.05, 0.1) is 11.8 Å². The molecule has 1 rings (SSSR count). The number of hydrogen-bond acceptors (Lipinski definition) is 3. The van der Waals surface area contributed by atoms with Gasteiger partial charge in [-0.15, -0.1) is 0 Å². The molecule has 0 saturated carbocycles. The first kappa shape index (κ1) is 16.9. The van der Waals surface area contributed by atoms with Crippen LogP contribution in [0.4, 0.5) is 0 Å². The average Bonchev–Trinajstić information content (AvgIpc) is 2.27. The predicted molar refractivity (Wildman–Crippen MR) is 74.1 cm³/mol. The number of rotatable bonds is 2. The highest BCUT2D eigenvalue weighted by atomic mass is 16.5. The van der Waals surface area contributed by atoms with Crippen molar-refractivity contribution in [1.29, 1.82) is 0 Å². The van der Waals surface area contributed by atoms with Crippen LogP contribution in [0.25, 0.3) is 0 Å². The lowest BCUT2D eigenvalue weighted by atomic mass is 9.84. The van der Waals surface area contributed by atoms with Crippen LogP contribution in [-0.4, -0.2) is 17.0 Å². The summed E-state index contributed by atoms with van der Waals surface area (Å²) in [5, 5.41) is 7.42. The monoisotopic (exact) mass is 264 g/mol. The van der Waals surface area contributed by atoms with Crippen LogP contribution >= 0.6 is 0 Å². The third-order valence-corrected chi connectivity index (χ3v) is 2.15. The average molecular weight is 264 g/mol. The number of carboxylic acid groups (broad SMARTS) is 1. The molecule has 104 valence electrons. The van der Waals surface area contributed by atoms with Gasteiger partial charge in [-0.25, -0.2) is 4.79 Å². The van der Waals surface area contributed by atoms with E-state index in [-0.39, 0.29) is 11.4 Å². The first-order valence-electron chi connectivity index (χ1n) is 5.81. The van der Waals surface area contributed by atoms with E-state index < -0.39 is 5.97 Å². The van der Waals surface area contributed by atoms with Crippen LogP contribution in [-0.2, 0) is 14.9 Å². The summed E-state index contributed by atoms with van der Waals surface area (Å²) < 4.78 is 4.79. The van der Waals surface area contributed by atoms with Gasteiger partial charge in [-0.3, -0.25) is 4.79 Å². The second kappa shape index (κ2) is 7.36. The van der Waals surface area contributed by atoms with E-state index in [9.17, 15) is 4.79 Å². The van der Waals surface area contributed by atoms with Gasteiger partial charge in [0.25, 0.3) is 5.97 Å². The number of carboxylic acids is 1. The van der Waals surface area contributed by atoms with Gasteiger partial charge in [-0.05, 0) is 17.0 Å². The van der Waals surface area contributed by atoms with Gasteiger partial charge in [0, 0.05) is 6.92 Å².